The van der Waals surface area contributed by atoms with Crippen molar-refractivity contribution in [3.05, 3.63) is 77.9 Å². The Kier molecular flexibility index (Phi) is 7.32. The van der Waals surface area contributed by atoms with Crippen molar-refractivity contribution in [2.24, 2.45) is 0 Å². The molecule has 0 saturated heterocycles. The number of rotatable bonds is 9. The Balaban J connectivity index is 1.34. The summed E-state index contributed by atoms with van der Waals surface area (Å²) in [6.45, 7) is 2.90. The minimum Gasteiger partial charge on any atom is -0.497 e. The first-order chi connectivity index (χ1) is 16.5. The zero-order valence-electron chi connectivity index (χ0n) is 19.4. The quantitative estimate of drug-likeness (QED) is 0.467. The second kappa shape index (κ2) is 10.7. The Bertz CT molecular complexity index is 1160. The molecule has 0 spiro atoms. The molecule has 7 heteroatoms. The first kappa shape index (κ1) is 23.2. The van der Waals surface area contributed by atoms with Gasteiger partial charge in [-0.1, -0.05) is 24.3 Å². The fourth-order valence-corrected chi connectivity index (χ4v) is 3.73. The number of carbonyl (C=O) groups excluding carboxylic acids is 2. The number of hydrogen-bond donors (Lipinski definition) is 1. The number of fused-ring (bicyclic) bond motifs is 1. The van der Waals surface area contributed by atoms with Gasteiger partial charge in [0, 0.05) is 12.1 Å². The summed E-state index contributed by atoms with van der Waals surface area (Å²) >= 11 is 0. The lowest BCUT2D eigenvalue weighted by Gasteiger charge is -2.30. The summed E-state index contributed by atoms with van der Waals surface area (Å²) in [4.78, 5) is 26.8. The van der Waals surface area contributed by atoms with Gasteiger partial charge in [0.15, 0.2) is 6.61 Å². The number of ether oxygens (including phenoxy) is 3. The average Bonchev–Trinajstić information content (AvgIpc) is 2.85. The third-order valence-corrected chi connectivity index (χ3v) is 5.65. The number of benzene rings is 3. The van der Waals surface area contributed by atoms with Gasteiger partial charge < -0.3 is 24.4 Å². The number of anilines is 2. The molecule has 0 saturated carbocycles. The molecule has 0 unspecified atom stereocenters. The lowest BCUT2D eigenvalue weighted by Crippen LogP contribution is -2.38. The number of nitrogens with one attached hydrogen (secondary N) is 1. The third kappa shape index (κ3) is 5.67. The Labute approximate surface area is 199 Å². The predicted octanol–water partition coefficient (Wildman–Crippen LogP) is 4.73. The van der Waals surface area contributed by atoms with Crippen molar-refractivity contribution in [2.45, 2.75) is 26.3 Å². The van der Waals surface area contributed by atoms with E-state index < -0.39 is 0 Å². The van der Waals surface area contributed by atoms with E-state index in [0.717, 1.165) is 22.6 Å². The maximum atomic E-state index is 12.6. The Morgan fingerprint density at radius 2 is 1.82 bits per heavy atom. The van der Waals surface area contributed by atoms with Gasteiger partial charge in [0.2, 0.25) is 5.91 Å². The smallest absolute Gasteiger partial charge is 0.265 e. The normalized spacial score (nSPS) is 12.5. The second-order valence-corrected chi connectivity index (χ2v) is 8.05. The van der Waals surface area contributed by atoms with Gasteiger partial charge in [-0.15, -0.1) is 0 Å². The molecule has 7 nitrogen and oxygen atoms in total. The van der Waals surface area contributed by atoms with Crippen LogP contribution >= 0.6 is 0 Å². The highest BCUT2D eigenvalue weighted by atomic mass is 16.5. The van der Waals surface area contributed by atoms with Gasteiger partial charge in [0.1, 0.15) is 17.2 Å². The lowest BCUT2D eigenvalue weighted by atomic mass is 10.1. The number of methoxy groups -OCH3 is 1. The third-order valence-electron chi connectivity index (χ3n) is 5.65. The molecule has 0 radical (unpaired) electrons. The van der Waals surface area contributed by atoms with Gasteiger partial charge in [-0.2, -0.15) is 0 Å². The Morgan fingerprint density at radius 3 is 2.59 bits per heavy atom. The van der Waals surface area contributed by atoms with E-state index in [1.165, 1.54) is 0 Å². The molecule has 1 aliphatic heterocycles. The molecule has 0 aliphatic carbocycles. The lowest BCUT2D eigenvalue weighted by molar-refractivity contribution is -0.121. The van der Waals surface area contributed by atoms with Crippen LogP contribution in [0.2, 0.25) is 0 Å². The summed E-state index contributed by atoms with van der Waals surface area (Å²) in [5.74, 6) is 1.89. The van der Waals surface area contributed by atoms with E-state index in [0.29, 0.717) is 43.1 Å². The van der Waals surface area contributed by atoms with E-state index in [2.05, 4.69) is 5.32 Å². The summed E-state index contributed by atoms with van der Waals surface area (Å²) in [5, 5.41) is 2.91. The number of carbonyl (C=O) groups is 2. The molecule has 2 amide bonds. The molecule has 3 aromatic carbocycles. The highest BCUT2D eigenvalue weighted by Crippen LogP contribution is 2.35. The second-order valence-electron chi connectivity index (χ2n) is 8.05. The molecule has 34 heavy (non-hydrogen) atoms. The number of amides is 2. The van der Waals surface area contributed by atoms with E-state index in [-0.39, 0.29) is 18.4 Å². The van der Waals surface area contributed by atoms with Crippen molar-refractivity contribution in [1.82, 2.24) is 0 Å². The van der Waals surface area contributed by atoms with E-state index in [1.54, 1.807) is 30.2 Å². The molecule has 0 aromatic heterocycles. The van der Waals surface area contributed by atoms with Crippen LogP contribution in [0, 0.1) is 6.92 Å². The first-order valence-electron chi connectivity index (χ1n) is 11.2. The van der Waals surface area contributed by atoms with Crippen LogP contribution in [0.25, 0.3) is 0 Å². The van der Waals surface area contributed by atoms with Crippen LogP contribution in [0.4, 0.5) is 11.4 Å². The highest BCUT2D eigenvalue weighted by molar-refractivity contribution is 5.99. The molecule has 3 aromatic rings. The topological polar surface area (TPSA) is 77.1 Å². The van der Waals surface area contributed by atoms with Crippen LogP contribution in [-0.2, 0) is 16.1 Å². The standard InChI is InChI=1S/C27H28N2O5/c1-19-6-3-4-7-20(19)17-29-24-16-21(9-14-25(24)34-18-27(29)31)28-26(30)8-5-15-33-23-12-10-22(32-2)11-13-23/h3-4,6-7,9-14,16H,5,8,15,17-18H2,1-2H3,(H,28,30). The van der Waals surface area contributed by atoms with Crippen molar-refractivity contribution in [1.29, 1.82) is 0 Å². The van der Waals surface area contributed by atoms with Gasteiger partial charge in [-0.25, -0.2) is 0 Å². The monoisotopic (exact) mass is 460 g/mol. The fourth-order valence-electron chi connectivity index (χ4n) is 3.73. The molecule has 176 valence electrons. The van der Waals surface area contributed by atoms with Crippen molar-refractivity contribution in [2.75, 3.05) is 30.5 Å². The predicted molar refractivity (Wildman–Crippen MR) is 131 cm³/mol. The first-order valence-corrected chi connectivity index (χ1v) is 11.2. The maximum Gasteiger partial charge on any atom is 0.265 e. The van der Waals surface area contributed by atoms with Crippen LogP contribution < -0.4 is 24.4 Å². The van der Waals surface area contributed by atoms with Gasteiger partial charge in [0.05, 0.1) is 25.9 Å². The Morgan fingerprint density at radius 1 is 1.06 bits per heavy atom. The van der Waals surface area contributed by atoms with Crippen LogP contribution in [0.15, 0.2) is 66.7 Å². The SMILES string of the molecule is COc1ccc(OCCCC(=O)Nc2ccc3c(c2)N(Cc2ccccc2C)C(=O)CO3)cc1. The molecule has 0 bridgehead atoms. The number of hydrogen-bond acceptors (Lipinski definition) is 5. The van der Waals surface area contributed by atoms with Crippen LogP contribution in [0.5, 0.6) is 17.2 Å². The van der Waals surface area contributed by atoms with Crippen molar-refractivity contribution >= 4 is 23.2 Å². The maximum absolute atomic E-state index is 12.6. The fraction of sp³-hybridized carbons (Fsp3) is 0.259. The summed E-state index contributed by atoms with van der Waals surface area (Å²) in [6.07, 6.45) is 0.888. The molecular weight excluding hydrogens is 432 g/mol. The molecule has 1 N–H and O–H groups in total. The summed E-state index contributed by atoms with van der Waals surface area (Å²) < 4.78 is 16.4. The van der Waals surface area contributed by atoms with E-state index in [4.69, 9.17) is 14.2 Å². The number of nitrogens with zero attached hydrogens (tertiary/aromatic N) is 1. The molecule has 0 atom stereocenters. The minimum atomic E-state index is -0.119. The van der Waals surface area contributed by atoms with E-state index in [9.17, 15) is 9.59 Å². The van der Waals surface area contributed by atoms with Crippen molar-refractivity contribution < 1.29 is 23.8 Å². The summed E-state index contributed by atoms with van der Waals surface area (Å²) in [6, 6.07) is 20.7. The highest BCUT2D eigenvalue weighted by Gasteiger charge is 2.26. The summed E-state index contributed by atoms with van der Waals surface area (Å²) in [7, 11) is 1.61. The van der Waals surface area contributed by atoms with Gasteiger partial charge in [-0.05, 0) is 66.9 Å². The van der Waals surface area contributed by atoms with Crippen LogP contribution in [0.1, 0.15) is 24.0 Å². The zero-order chi connectivity index (χ0) is 23.9. The Hall–Kier alpha value is -4.00. The zero-order valence-corrected chi connectivity index (χ0v) is 19.4. The average molecular weight is 461 g/mol. The molecule has 1 aliphatic rings. The molecular formula is C27H28N2O5. The minimum absolute atomic E-state index is 0.00121. The largest absolute Gasteiger partial charge is 0.497 e. The molecule has 0 fully saturated rings. The van der Waals surface area contributed by atoms with Gasteiger partial charge in [0.25, 0.3) is 5.91 Å². The van der Waals surface area contributed by atoms with E-state index in [1.807, 2.05) is 55.5 Å². The number of aryl methyl sites for hydroxylation is 1. The summed E-state index contributed by atoms with van der Waals surface area (Å²) in [5.41, 5.74) is 3.45. The van der Waals surface area contributed by atoms with Crippen molar-refractivity contribution in [3.63, 3.8) is 0 Å². The van der Waals surface area contributed by atoms with E-state index >= 15 is 0 Å². The van der Waals surface area contributed by atoms with Gasteiger partial charge >= 0.3 is 0 Å². The molecule has 4 rings (SSSR count). The van der Waals surface area contributed by atoms with Crippen molar-refractivity contribution in [3.8, 4) is 17.2 Å². The molecule has 1 heterocycles. The van der Waals surface area contributed by atoms with Crippen LogP contribution in [0.3, 0.4) is 0 Å². The van der Waals surface area contributed by atoms with Gasteiger partial charge in [-0.3, -0.25) is 9.59 Å². The van der Waals surface area contributed by atoms with Crippen LogP contribution in [-0.4, -0.2) is 32.1 Å².